The zero-order chi connectivity index (χ0) is 22.9. The van der Waals surface area contributed by atoms with Crippen LogP contribution in [0.5, 0.6) is 5.75 Å². The van der Waals surface area contributed by atoms with Crippen molar-refractivity contribution in [2.24, 2.45) is 0 Å². The molecule has 0 fully saturated rings. The second-order valence-corrected chi connectivity index (χ2v) is 11.1. The van der Waals surface area contributed by atoms with Gasteiger partial charge in [0.25, 0.3) is 5.56 Å². The molecule has 32 heavy (non-hydrogen) atoms. The Morgan fingerprint density at radius 3 is 2.59 bits per heavy atom. The normalized spacial score (nSPS) is 14.1. The van der Waals surface area contributed by atoms with E-state index in [1.165, 1.54) is 28.6 Å². The first-order valence-corrected chi connectivity index (χ1v) is 12.7. The molecule has 8 heteroatoms. The predicted molar refractivity (Wildman–Crippen MR) is 132 cm³/mol. The number of ether oxygens (including phenoxy) is 1. The number of carbonyl (C=O) groups excluding carboxylic acids is 1. The molecule has 4 rings (SSSR count). The Bertz CT molecular complexity index is 1190. The van der Waals surface area contributed by atoms with Gasteiger partial charge >= 0.3 is 0 Å². The van der Waals surface area contributed by atoms with Crippen molar-refractivity contribution in [3.8, 4) is 11.4 Å². The third-order valence-corrected chi connectivity index (χ3v) is 7.51. The van der Waals surface area contributed by atoms with Crippen LogP contribution in [0.4, 0.5) is 0 Å². The van der Waals surface area contributed by atoms with Gasteiger partial charge in [-0.1, -0.05) is 18.2 Å². The number of aromatic nitrogens is 2. The van der Waals surface area contributed by atoms with E-state index in [0.717, 1.165) is 47.3 Å². The maximum Gasteiger partial charge on any atom is 0.267 e. The van der Waals surface area contributed by atoms with Gasteiger partial charge in [-0.3, -0.25) is 14.2 Å². The van der Waals surface area contributed by atoms with E-state index < -0.39 is 0 Å². The van der Waals surface area contributed by atoms with E-state index in [9.17, 15) is 9.59 Å². The SMILES string of the molecule is COc1ccc(-n2c(SCC(=O)NC(C)(C)C)nc3sc4c(c3c2=O)CCCCC4)cc1. The van der Waals surface area contributed by atoms with Crippen LogP contribution in [0.2, 0.25) is 0 Å². The zero-order valence-corrected chi connectivity index (χ0v) is 20.6. The maximum absolute atomic E-state index is 13.8. The highest BCUT2D eigenvalue weighted by Gasteiger charge is 2.23. The summed E-state index contributed by atoms with van der Waals surface area (Å²) in [5.41, 5.74) is 1.52. The molecule has 0 bridgehead atoms. The van der Waals surface area contributed by atoms with Crippen LogP contribution in [0.3, 0.4) is 0 Å². The van der Waals surface area contributed by atoms with E-state index in [1.54, 1.807) is 23.0 Å². The number of thioether (sulfide) groups is 1. The maximum atomic E-state index is 13.8. The molecule has 1 aliphatic carbocycles. The second kappa shape index (κ2) is 9.27. The number of hydrogen-bond acceptors (Lipinski definition) is 6. The molecule has 1 N–H and O–H groups in total. The zero-order valence-electron chi connectivity index (χ0n) is 19.0. The van der Waals surface area contributed by atoms with Gasteiger partial charge in [-0.25, -0.2) is 4.98 Å². The molecular weight excluding hydrogens is 442 g/mol. The van der Waals surface area contributed by atoms with E-state index >= 15 is 0 Å². The number of nitrogens with one attached hydrogen (secondary N) is 1. The second-order valence-electron chi connectivity index (χ2n) is 9.06. The monoisotopic (exact) mass is 471 g/mol. The number of nitrogens with zero attached hydrogens (tertiary/aromatic N) is 2. The van der Waals surface area contributed by atoms with Crippen molar-refractivity contribution in [3.63, 3.8) is 0 Å². The van der Waals surface area contributed by atoms with Crippen LogP contribution >= 0.6 is 23.1 Å². The highest BCUT2D eigenvalue weighted by atomic mass is 32.2. The number of carbonyl (C=O) groups is 1. The molecule has 0 aliphatic heterocycles. The minimum absolute atomic E-state index is 0.0571. The molecule has 1 aromatic carbocycles. The van der Waals surface area contributed by atoms with Gasteiger partial charge in [-0.2, -0.15) is 0 Å². The molecule has 2 heterocycles. The van der Waals surface area contributed by atoms with Crippen molar-refractivity contribution in [1.29, 1.82) is 0 Å². The summed E-state index contributed by atoms with van der Waals surface area (Å²) < 4.78 is 6.93. The van der Waals surface area contributed by atoms with Crippen molar-refractivity contribution >= 4 is 39.2 Å². The molecule has 0 saturated heterocycles. The molecule has 6 nitrogen and oxygen atoms in total. The predicted octanol–water partition coefficient (Wildman–Crippen LogP) is 4.73. The largest absolute Gasteiger partial charge is 0.497 e. The quantitative estimate of drug-likeness (QED) is 0.331. The molecule has 170 valence electrons. The van der Waals surface area contributed by atoms with E-state index in [1.807, 2.05) is 45.0 Å². The van der Waals surface area contributed by atoms with Crippen LogP contribution in [0.25, 0.3) is 15.9 Å². The Hall–Kier alpha value is -2.32. The van der Waals surface area contributed by atoms with E-state index in [0.29, 0.717) is 5.16 Å². The Labute approximate surface area is 196 Å². The average molecular weight is 472 g/mol. The number of rotatable bonds is 5. The number of fused-ring (bicyclic) bond motifs is 3. The molecule has 0 radical (unpaired) electrons. The minimum atomic E-state index is -0.310. The fourth-order valence-electron chi connectivity index (χ4n) is 4.00. The molecule has 2 aromatic heterocycles. The van der Waals surface area contributed by atoms with Crippen molar-refractivity contribution in [1.82, 2.24) is 14.9 Å². The van der Waals surface area contributed by atoms with Gasteiger partial charge in [-0.15, -0.1) is 11.3 Å². The first-order chi connectivity index (χ1) is 15.3. The molecule has 0 unspecified atom stereocenters. The first-order valence-electron chi connectivity index (χ1n) is 10.9. The Morgan fingerprint density at radius 1 is 1.19 bits per heavy atom. The summed E-state index contributed by atoms with van der Waals surface area (Å²) in [4.78, 5) is 33.2. The van der Waals surface area contributed by atoms with Gasteiger partial charge in [0.05, 0.1) is 23.9 Å². The lowest BCUT2D eigenvalue weighted by Crippen LogP contribution is -2.41. The Morgan fingerprint density at radius 2 is 1.91 bits per heavy atom. The van der Waals surface area contributed by atoms with Crippen LogP contribution in [0, 0.1) is 0 Å². The first kappa shape index (κ1) is 22.9. The van der Waals surface area contributed by atoms with E-state index in [2.05, 4.69) is 5.32 Å². The molecule has 0 saturated carbocycles. The standard InChI is InChI=1S/C24H29N3O3S2/c1-24(2,3)26-19(28)14-31-23-25-21-20(17-8-6-5-7-9-18(17)32-21)22(29)27(23)15-10-12-16(30-4)13-11-15/h10-13H,5-9,14H2,1-4H3,(H,26,28). The third kappa shape index (κ3) is 4.86. The lowest BCUT2D eigenvalue weighted by molar-refractivity contribution is -0.119. The van der Waals surface area contributed by atoms with Gasteiger partial charge in [0.1, 0.15) is 10.6 Å². The Kier molecular flexibility index (Phi) is 6.62. The minimum Gasteiger partial charge on any atom is -0.497 e. The summed E-state index contributed by atoms with van der Waals surface area (Å²) in [7, 11) is 1.62. The van der Waals surface area contributed by atoms with Crippen molar-refractivity contribution in [2.45, 2.75) is 63.6 Å². The fraction of sp³-hybridized carbons (Fsp3) is 0.458. The van der Waals surface area contributed by atoms with E-state index in [-0.39, 0.29) is 22.8 Å². The number of thiophene rings is 1. The van der Waals surface area contributed by atoms with Crippen LogP contribution < -0.4 is 15.6 Å². The summed E-state index contributed by atoms with van der Waals surface area (Å²) in [5, 5.41) is 4.25. The van der Waals surface area contributed by atoms with Crippen LogP contribution in [-0.2, 0) is 17.6 Å². The summed E-state index contributed by atoms with van der Waals surface area (Å²) >= 11 is 2.93. The molecular formula is C24H29N3O3S2. The molecule has 1 aliphatic rings. The van der Waals surface area contributed by atoms with Gasteiger partial charge < -0.3 is 10.1 Å². The van der Waals surface area contributed by atoms with Gasteiger partial charge in [0, 0.05) is 10.4 Å². The van der Waals surface area contributed by atoms with E-state index in [4.69, 9.17) is 9.72 Å². The van der Waals surface area contributed by atoms with Gasteiger partial charge in [0.15, 0.2) is 5.16 Å². The van der Waals surface area contributed by atoms with Crippen molar-refractivity contribution in [2.75, 3.05) is 12.9 Å². The van der Waals surface area contributed by atoms with Gasteiger partial charge in [0.2, 0.25) is 5.91 Å². The average Bonchev–Trinajstić information content (AvgIpc) is 2.92. The van der Waals surface area contributed by atoms with Crippen LogP contribution in [0.1, 0.15) is 50.5 Å². The molecule has 3 aromatic rings. The lowest BCUT2D eigenvalue weighted by Gasteiger charge is -2.20. The molecule has 0 spiro atoms. The highest BCUT2D eigenvalue weighted by molar-refractivity contribution is 7.99. The topological polar surface area (TPSA) is 73.2 Å². The molecule has 1 amide bonds. The summed E-state index contributed by atoms with van der Waals surface area (Å²) in [6.45, 7) is 5.85. The summed E-state index contributed by atoms with van der Waals surface area (Å²) in [5.74, 6) is 0.829. The number of hydrogen-bond donors (Lipinski definition) is 1. The Balaban J connectivity index is 1.81. The highest BCUT2D eigenvalue weighted by Crippen LogP contribution is 2.34. The number of benzene rings is 1. The fourth-order valence-corrected chi connectivity index (χ4v) is 6.12. The van der Waals surface area contributed by atoms with Gasteiger partial charge in [-0.05, 0) is 76.3 Å². The number of amides is 1. The lowest BCUT2D eigenvalue weighted by atomic mass is 10.1. The van der Waals surface area contributed by atoms with Crippen LogP contribution in [0.15, 0.2) is 34.2 Å². The smallest absolute Gasteiger partial charge is 0.267 e. The van der Waals surface area contributed by atoms with Crippen molar-refractivity contribution in [3.05, 3.63) is 45.1 Å². The molecule has 0 atom stereocenters. The third-order valence-electron chi connectivity index (χ3n) is 5.39. The summed E-state index contributed by atoms with van der Waals surface area (Å²) in [6.07, 6.45) is 5.38. The number of methoxy groups -OCH3 is 1. The van der Waals surface area contributed by atoms with Crippen LogP contribution in [-0.4, -0.2) is 33.9 Å². The van der Waals surface area contributed by atoms with Crippen molar-refractivity contribution < 1.29 is 9.53 Å². The number of aryl methyl sites for hydroxylation is 2. The summed E-state index contributed by atoms with van der Waals surface area (Å²) in [6, 6.07) is 7.39.